The minimum absolute atomic E-state index is 0.00536. The highest BCUT2D eigenvalue weighted by molar-refractivity contribution is 5.76. The Balaban J connectivity index is 1.74. The Morgan fingerprint density at radius 2 is 2.22 bits per heavy atom. The standard InChI is InChI=1S/C13H16N4O/c1-9(14-13(18)17-7-4-8-17)12-15-10-5-2-3-6-11(10)16-12/h2-3,5-6,9H,4,7-8H2,1H3,(H,14,18)(H,15,16)/t9-/m0/s1. The van der Waals surface area contributed by atoms with Crippen LogP contribution in [0.4, 0.5) is 4.79 Å². The van der Waals surface area contributed by atoms with Crippen LogP contribution in [-0.2, 0) is 0 Å². The average molecular weight is 244 g/mol. The number of urea groups is 1. The number of para-hydroxylation sites is 2. The summed E-state index contributed by atoms with van der Waals surface area (Å²) in [5.74, 6) is 0.796. The number of rotatable bonds is 2. The molecular weight excluding hydrogens is 228 g/mol. The van der Waals surface area contributed by atoms with Crippen LogP contribution in [0.25, 0.3) is 11.0 Å². The number of hydrogen-bond donors (Lipinski definition) is 2. The normalized spacial score (nSPS) is 16.4. The van der Waals surface area contributed by atoms with Crippen molar-refractivity contribution in [2.24, 2.45) is 0 Å². The van der Waals surface area contributed by atoms with Gasteiger partial charge in [-0.05, 0) is 25.5 Å². The van der Waals surface area contributed by atoms with Crippen LogP contribution < -0.4 is 5.32 Å². The van der Waals surface area contributed by atoms with E-state index in [0.29, 0.717) is 0 Å². The molecule has 2 amide bonds. The summed E-state index contributed by atoms with van der Waals surface area (Å²) >= 11 is 0. The summed E-state index contributed by atoms with van der Waals surface area (Å²) in [6, 6.07) is 7.75. The predicted molar refractivity (Wildman–Crippen MR) is 69.2 cm³/mol. The minimum Gasteiger partial charge on any atom is -0.340 e. The number of hydrogen-bond acceptors (Lipinski definition) is 2. The minimum atomic E-state index is -0.106. The van der Waals surface area contributed by atoms with Gasteiger partial charge in [0.1, 0.15) is 5.82 Å². The lowest BCUT2D eigenvalue weighted by atomic mass is 10.2. The highest BCUT2D eigenvalue weighted by Gasteiger charge is 2.22. The van der Waals surface area contributed by atoms with E-state index in [4.69, 9.17) is 0 Å². The van der Waals surface area contributed by atoms with E-state index in [1.165, 1.54) is 0 Å². The average Bonchev–Trinajstić information content (AvgIpc) is 2.69. The number of aromatic nitrogens is 2. The molecule has 1 fully saturated rings. The van der Waals surface area contributed by atoms with E-state index >= 15 is 0 Å². The van der Waals surface area contributed by atoms with Crippen molar-refractivity contribution in [1.29, 1.82) is 0 Å². The SMILES string of the molecule is C[C@H](NC(=O)N1CCC1)c1nc2ccccc2[nH]1. The zero-order chi connectivity index (χ0) is 12.5. The quantitative estimate of drug-likeness (QED) is 0.849. The molecule has 94 valence electrons. The molecule has 1 aromatic carbocycles. The number of amides is 2. The van der Waals surface area contributed by atoms with Crippen molar-refractivity contribution in [3.05, 3.63) is 30.1 Å². The smallest absolute Gasteiger partial charge is 0.317 e. The van der Waals surface area contributed by atoms with Gasteiger partial charge in [0.25, 0.3) is 0 Å². The Labute approximate surface area is 105 Å². The molecule has 1 aromatic heterocycles. The van der Waals surface area contributed by atoms with Crippen LogP contribution in [0.1, 0.15) is 25.2 Å². The Bertz CT molecular complexity index is 540. The predicted octanol–water partition coefficient (Wildman–Crippen LogP) is 2.04. The van der Waals surface area contributed by atoms with Crippen molar-refractivity contribution in [3.8, 4) is 0 Å². The molecule has 0 unspecified atom stereocenters. The zero-order valence-corrected chi connectivity index (χ0v) is 10.3. The fourth-order valence-electron chi connectivity index (χ4n) is 2.04. The number of carbonyl (C=O) groups excluding carboxylic acids is 1. The first-order valence-corrected chi connectivity index (χ1v) is 6.24. The number of H-pyrrole nitrogens is 1. The van der Waals surface area contributed by atoms with Crippen LogP contribution in [0, 0.1) is 0 Å². The lowest BCUT2D eigenvalue weighted by Gasteiger charge is -2.31. The van der Waals surface area contributed by atoms with Gasteiger partial charge in [-0.25, -0.2) is 9.78 Å². The van der Waals surface area contributed by atoms with Crippen LogP contribution in [0.3, 0.4) is 0 Å². The maximum atomic E-state index is 11.8. The number of benzene rings is 1. The maximum absolute atomic E-state index is 11.8. The van der Waals surface area contributed by atoms with Gasteiger partial charge in [0.05, 0.1) is 17.1 Å². The summed E-state index contributed by atoms with van der Waals surface area (Å²) in [6.07, 6.45) is 1.10. The van der Waals surface area contributed by atoms with Gasteiger partial charge in [0.2, 0.25) is 0 Å². The number of carbonyl (C=O) groups is 1. The second kappa shape index (κ2) is 4.33. The van der Waals surface area contributed by atoms with Crippen molar-refractivity contribution < 1.29 is 4.79 Å². The third kappa shape index (κ3) is 1.92. The number of likely N-dealkylation sites (tertiary alicyclic amines) is 1. The molecule has 0 spiro atoms. The van der Waals surface area contributed by atoms with Gasteiger partial charge in [-0.3, -0.25) is 0 Å². The molecule has 0 aliphatic carbocycles. The fourth-order valence-corrected chi connectivity index (χ4v) is 2.04. The molecule has 2 aromatic rings. The summed E-state index contributed by atoms with van der Waals surface area (Å²) in [7, 11) is 0. The van der Waals surface area contributed by atoms with Crippen molar-refractivity contribution in [3.63, 3.8) is 0 Å². The Hall–Kier alpha value is -2.04. The van der Waals surface area contributed by atoms with E-state index in [-0.39, 0.29) is 12.1 Å². The van der Waals surface area contributed by atoms with Crippen LogP contribution in [0.5, 0.6) is 0 Å². The molecule has 1 aliphatic heterocycles. The monoisotopic (exact) mass is 244 g/mol. The van der Waals surface area contributed by atoms with Crippen molar-refractivity contribution in [1.82, 2.24) is 20.2 Å². The topological polar surface area (TPSA) is 61.0 Å². The molecule has 1 atom stereocenters. The van der Waals surface area contributed by atoms with Crippen LogP contribution >= 0.6 is 0 Å². The Morgan fingerprint density at radius 3 is 2.89 bits per heavy atom. The van der Waals surface area contributed by atoms with Crippen LogP contribution in [0.15, 0.2) is 24.3 Å². The second-order valence-electron chi connectivity index (χ2n) is 4.65. The second-order valence-corrected chi connectivity index (χ2v) is 4.65. The molecule has 0 saturated carbocycles. The lowest BCUT2D eigenvalue weighted by Crippen LogP contribution is -2.48. The highest BCUT2D eigenvalue weighted by atomic mass is 16.2. The molecule has 5 nitrogen and oxygen atoms in total. The summed E-state index contributed by atoms with van der Waals surface area (Å²) in [5.41, 5.74) is 1.93. The van der Waals surface area contributed by atoms with Gasteiger partial charge in [-0.2, -0.15) is 0 Å². The molecule has 0 bridgehead atoms. The van der Waals surface area contributed by atoms with Gasteiger partial charge in [0, 0.05) is 13.1 Å². The summed E-state index contributed by atoms with van der Waals surface area (Å²) in [4.78, 5) is 21.3. The fraction of sp³-hybridized carbons (Fsp3) is 0.385. The molecular formula is C13H16N4O. The summed E-state index contributed by atoms with van der Waals surface area (Å²) in [5, 5.41) is 2.95. The first kappa shape index (κ1) is 11.1. The number of nitrogens with one attached hydrogen (secondary N) is 2. The van der Waals surface area contributed by atoms with E-state index < -0.39 is 0 Å². The molecule has 5 heteroatoms. The van der Waals surface area contributed by atoms with Gasteiger partial charge >= 0.3 is 6.03 Å². The number of fused-ring (bicyclic) bond motifs is 1. The molecule has 1 aliphatic rings. The number of nitrogens with zero attached hydrogens (tertiary/aromatic N) is 2. The first-order valence-electron chi connectivity index (χ1n) is 6.24. The van der Waals surface area contributed by atoms with Crippen LogP contribution in [-0.4, -0.2) is 34.0 Å². The summed E-state index contributed by atoms with van der Waals surface area (Å²) < 4.78 is 0. The molecule has 1 saturated heterocycles. The highest BCUT2D eigenvalue weighted by Crippen LogP contribution is 2.16. The van der Waals surface area contributed by atoms with Crippen molar-refractivity contribution in [2.75, 3.05) is 13.1 Å². The van der Waals surface area contributed by atoms with Crippen LogP contribution in [0.2, 0.25) is 0 Å². The van der Waals surface area contributed by atoms with Gasteiger partial charge < -0.3 is 15.2 Å². The summed E-state index contributed by atoms with van der Waals surface area (Å²) in [6.45, 7) is 3.66. The van der Waals surface area contributed by atoms with E-state index in [2.05, 4.69) is 15.3 Å². The van der Waals surface area contributed by atoms with Gasteiger partial charge in [-0.1, -0.05) is 12.1 Å². The molecule has 2 N–H and O–H groups in total. The van der Waals surface area contributed by atoms with E-state index in [0.717, 1.165) is 36.4 Å². The van der Waals surface area contributed by atoms with Gasteiger partial charge in [0.15, 0.2) is 0 Å². The molecule has 18 heavy (non-hydrogen) atoms. The number of imidazole rings is 1. The van der Waals surface area contributed by atoms with Gasteiger partial charge in [-0.15, -0.1) is 0 Å². The third-order valence-corrected chi connectivity index (χ3v) is 3.30. The van der Waals surface area contributed by atoms with E-state index in [1.807, 2.05) is 31.2 Å². The molecule has 2 heterocycles. The zero-order valence-electron chi connectivity index (χ0n) is 10.3. The lowest BCUT2D eigenvalue weighted by molar-refractivity contribution is 0.164. The maximum Gasteiger partial charge on any atom is 0.317 e. The molecule has 3 rings (SSSR count). The van der Waals surface area contributed by atoms with E-state index in [1.54, 1.807) is 4.90 Å². The third-order valence-electron chi connectivity index (χ3n) is 3.30. The van der Waals surface area contributed by atoms with Crippen molar-refractivity contribution >= 4 is 17.1 Å². The Kier molecular flexibility index (Phi) is 2.66. The van der Waals surface area contributed by atoms with Crippen molar-refractivity contribution in [2.45, 2.75) is 19.4 Å². The first-order chi connectivity index (χ1) is 8.74. The number of aromatic amines is 1. The van der Waals surface area contributed by atoms with E-state index in [9.17, 15) is 4.79 Å². The molecule has 0 radical (unpaired) electrons. The Morgan fingerprint density at radius 1 is 1.44 bits per heavy atom. The largest absolute Gasteiger partial charge is 0.340 e.